The van der Waals surface area contributed by atoms with Crippen molar-refractivity contribution in [1.29, 1.82) is 0 Å². The van der Waals surface area contributed by atoms with E-state index in [1.165, 1.54) is 0 Å². The fraction of sp³-hybridized carbons (Fsp3) is 0.500. The molecule has 21 heavy (non-hydrogen) atoms. The van der Waals surface area contributed by atoms with Crippen LogP contribution in [0, 0.1) is 5.82 Å². The van der Waals surface area contributed by atoms with Gasteiger partial charge in [0.15, 0.2) is 9.84 Å². The molecule has 1 unspecified atom stereocenters. The Morgan fingerprint density at radius 3 is 2.81 bits per heavy atom. The number of hydrogen-bond donors (Lipinski definition) is 1. The van der Waals surface area contributed by atoms with Gasteiger partial charge in [0.05, 0.1) is 17.4 Å². The third kappa shape index (κ3) is 4.01. The van der Waals surface area contributed by atoms with Gasteiger partial charge >= 0.3 is 5.97 Å². The molecule has 0 aromatic heterocycles. The van der Waals surface area contributed by atoms with E-state index in [-0.39, 0.29) is 17.4 Å². The van der Waals surface area contributed by atoms with Gasteiger partial charge in [-0.3, -0.25) is 0 Å². The molecule has 1 saturated heterocycles. The zero-order valence-electron chi connectivity index (χ0n) is 11.4. The van der Waals surface area contributed by atoms with Crippen LogP contribution in [0.1, 0.15) is 36.0 Å². The Bertz CT molecular complexity index is 620. The number of sulfone groups is 1. The Labute approximate surface area is 122 Å². The highest BCUT2D eigenvalue weighted by Gasteiger charge is 2.22. The number of carbonyl (C=O) groups is 1. The van der Waals surface area contributed by atoms with Crippen molar-refractivity contribution in [2.24, 2.45) is 0 Å². The van der Waals surface area contributed by atoms with Gasteiger partial charge in [-0.1, -0.05) is 0 Å². The summed E-state index contributed by atoms with van der Waals surface area (Å²) in [7, 11) is -3.83. The molecule has 1 aromatic carbocycles. The third-order valence-electron chi connectivity index (χ3n) is 3.48. The molecule has 0 saturated carbocycles. The second-order valence-electron chi connectivity index (χ2n) is 5.05. The summed E-state index contributed by atoms with van der Waals surface area (Å²) >= 11 is 0. The van der Waals surface area contributed by atoms with Crippen LogP contribution in [-0.2, 0) is 14.6 Å². The van der Waals surface area contributed by atoms with Crippen LogP contribution in [0.3, 0.4) is 0 Å². The molecule has 5 nitrogen and oxygen atoms in total. The normalized spacial score (nSPS) is 18.8. The number of halogens is 1. The van der Waals surface area contributed by atoms with Crippen LogP contribution in [-0.4, -0.2) is 38.0 Å². The van der Waals surface area contributed by atoms with Crippen molar-refractivity contribution in [3.8, 4) is 0 Å². The predicted molar refractivity (Wildman–Crippen MR) is 73.6 cm³/mol. The first-order valence-electron chi connectivity index (χ1n) is 6.77. The number of aromatic carboxylic acids is 1. The summed E-state index contributed by atoms with van der Waals surface area (Å²) in [4.78, 5) is 10.3. The molecule has 116 valence electrons. The maximum atomic E-state index is 13.7. The Morgan fingerprint density at radius 1 is 1.43 bits per heavy atom. The summed E-state index contributed by atoms with van der Waals surface area (Å²) in [6, 6.07) is 2.79. The SMILES string of the molecule is O=C(O)c1ccc(F)c(S(=O)(=O)CCCC2CCCO2)c1. The van der Waals surface area contributed by atoms with E-state index in [1.807, 2.05) is 0 Å². The van der Waals surface area contributed by atoms with Gasteiger partial charge in [-0.2, -0.15) is 0 Å². The van der Waals surface area contributed by atoms with E-state index >= 15 is 0 Å². The molecule has 7 heteroatoms. The minimum atomic E-state index is -3.83. The number of hydrogen-bond acceptors (Lipinski definition) is 4. The first-order valence-corrected chi connectivity index (χ1v) is 8.42. The first kappa shape index (κ1) is 15.9. The molecule has 1 aliphatic heterocycles. The molecule has 2 rings (SSSR count). The molecule has 1 atom stereocenters. The maximum Gasteiger partial charge on any atom is 0.335 e. The summed E-state index contributed by atoms with van der Waals surface area (Å²) in [6.45, 7) is 0.701. The fourth-order valence-corrected chi connectivity index (χ4v) is 3.80. The molecular weight excluding hydrogens is 299 g/mol. The number of ether oxygens (including phenoxy) is 1. The van der Waals surface area contributed by atoms with Crippen LogP contribution in [0.4, 0.5) is 4.39 Å². The molecule has 1 fully saturated rings. The van der Waals surface area contributed by atoms with Gasteiger partial charge in [0.1, 0.15) is 10.7 Å². The van der Waals surface area contributed by atoms with Crippen molar-refractivity contribution in [3.63, 3.8) is 0 Å². The van der Waals surface area contributed by atoms with Crippen LogP contribution in [0.2, 0.25) is 0 Å². The summed E-state index contributed by atoms with van der Waals surface area (Å²) in [5, 5.41) is 8.85. The highest BCUT2D eigenvalue weighted by Crippen LogP contribution is 2.21. The van der Waals surface area contributed by atoms with Crippen molar-refractivity contribution in [2.75, 3.05) is 12.4 Å². The monoisotopic (exact) mass is 316 g/mol. The molecule has 0 bridgehead atoms. The number of benzene rings is 1. The topological polar surface area (TPSA) is 80.7 Å². The zero-order chi connectivity index (χ0) is 15.5. The summed E-state index contributed by atoms with van der Waals surface area (Å²) in [6.07, 6.45) is 2.95. The Balaban J connectivity index is 2.07. The van der Waals surface area contributed by atoms with Crippen LogP contribution >= 0.6 is 0 Å². The third-order valence-corrected chi connectivity index (χ3v) is 5.29. The molecule has 0 amide bonds. The fourth-order valence-electron chi connectivity index (χ4n) is 2.36. The average molecular weight is 316 g/mol. The second-order valence-corrected chi connectivity index (χ2v) is 7.12. The first-order chi connectivity index (χ1) is 9.90. The van der Waals surface area contributed by atoms with Crippen molar-refractivity contribution in [2.45, 2.75) is 36.7 Å². The highest BCUT2D eigenvalue weighted by molar-refractivity contribution is 7.91. The molecular formula is C14H17FO5S. The summed E-state index contributed by atoms with van der Waals surface area (Å²) in [5.74, 6) is -2.42. The predicted octanol–water partition coefficient (Wildman–Crippen LogP) is 2.26. The van der Waals surface area contributed by atoms with Crippen LogP contribution in [0.5, 0.6) is 0 Å². The minimum absolute atomic E-state index is 0.0791. The quantitative estimate of drug-likeness (QED) is 0.870. The average Bonchev–Trinajstić information content (AvgIpc) is 2.91. The van der Waals surface area contributed by atoms with E-state index in [1.54, 1.807) is 0 Å². The van der Waals surface area contributed by atoms with Crippen LogP contribution in [0.25, 0.3) is 0 Å². The number of rotatable bonds is 6. The van der Waals surface area contributed by atoms with Crippen molar-refractivity contribution < 1.29 is 27.4 Å². The number of carboxylic acid groups (broad SMARTS) is 1. The van der Waals surface area contributed by atoms with Gasteiger partial charge in [-0.25, -0.2) is 17.6 Å². The lowest BCUT2D eigenvalue weighted by molar-refractivity contribution is 0.0696. The molecule has 1 heterocycles. The van der Waals surface area contributed by atoms with E-state index in [0.29, 0.717) is 19.4 Å². The lowest BCUT2D eigenvalue weighted by atomic mass is 10.1. The van der Waals surface area contributed by atoms with Crippen LogP contribution < -0.4 is 0 Å². The maximum absolute atomic E-state index is 13.7. The van der Waals surface area contributed by atoms with Gasteiger partial charge in [0.2, 0.25) is 0 Å². The van der Waals surface area contributed by atoms with Gasteiger partial charge in [0, 0.05) is 6.61 Å². The van der Waals surface area contributed by atoms with Gasteiger partial charge in [0.25, 0.3) is 0 Å². The van der Waals surface area contributed by atoms with E-state index in [9.17, 15) is 17.6 Å². The molecule has 1 aliphatic rings. The largest absolute Gasteiger partial charge is 0.478 e. The summed E-state index contributed by atoms with van der Waals surface area (Å²) in [5.41, 5.74) is -0.242. The van der Waals surface area contributed by atoms with E-state index < -0.39 is 26.5 Å². The zero-order valence-corrected chi connectivity index (χ0v) is 12.2. The standard InChI is InChI=1S/C14H17FO5S/c15-12-6-5-10(14(16)17)9-13(12)21(18,19)8-2-4-11-3-1-7-20-11/h5-6,9,11H,1-4,7-8H2,(H,16,17). The van der Waals surface area contributed by atoms with Crippen molar-refractivity contribution in [3.05, 3.63) is 29.6 Å². The van der Waals surface area contributed by atoms with Crippen molar-refractivity contribution in [1.82, 2.24) is 0 Å². The lowest BCUT2D eigenvalue weighted by Crippen LogP contribution is -2.13. The van der Waals surface area contributed by atoms with Crippen LogP contribution in [0.15, 0.2) is 23.1 Å². The second kappa shape index (κ2) is 6.53. The van der Waals surface area contributed by atoms with E-state index in [4.69, 9.17) is 9.84 Å². The smallest absolute Gasteiger partial charge is 0.335 e. The molecule has 0 aliphatic carbocycles. The van der Waals surface area contributed by atoms with Crippen molar-refractivity contribution >= 4 is 15.8 Å². The Kier molecular flexibility index (Phi) is 4.95. The summed E-state index contributed by atoms with van der Waals surface area (Å²) < 4.78 is 43.3. The Morgan fingerprint density at radius 2 is 2.19 bits per heavy atom. The molecule has 1 N–H and O–H groups in total. The Hall–Kier alpha value is -1.47. The minimum Gasteiger partial charge on any atom is -0.478 e. The molecule has 1 aromatic rings. The highest BCUT2D eigenvalue weighted by atomic mass is 32.2. The molecule has 0 radical (unpaired) electrons. The number of carboxylic acids is 1. The van der Waals surface area contributed by atoms with E-state index in [0.717, 1.165) is 31.0 Å². The lowest BCUT2D eigenvalue weighted by Gasteiger charge is -2.10. The van der Waals surface area contributed by atoms with Gasteiger partial charge in [-0.15, -0.1) is 0 Å². The van der Waals surface area contributed by atoms with E-state index in [2.05, 4.69) is 0 Å². The van der Waals surface area contributed by atoms with Gasteiger partial charge < -0.3 is 9.84 Å². The molecule has 0 spiro atoms. The van der Waals surface area contributed by atoms with Gasteiger partial charge in [-0.05, 0) is 43.9 Å².